The molecule has 3 heteroatoms. The Labute approximate surface area is 118 Å². The van der Waals surface area contributed by atoms with Crippen molar-refractivity contribution in [1.82, 2.24) is 9.55 Å². The highest BCUT2D eigenvalue weighted by Gasteiger charge is 2.11. The summed E-state index contributed by atoms with van der Waals surface area (Å²) in [6.45, 7) is 0. The van der Waals surface area contributed by atoms with E-state index in [4.69, 9.17) is 0 Å². The number of pyridine rings is 1. The highest BCUT2D eigenvalue weighted by molar-refractivity contribution is 6.32. The lowest BCUT2D eigenvalue weighted by molar-refractivity contribution is 1.14. The number of aromatic nitrogens is 2. The predicted molar refractivity (Wildman–Crippen MR) is 86.8 cm³/mol. The van der Waals surface area contributed by atoms with Gasteiger partial charge in [-0.05, 0) is 30.3 Å². The topological polar surface area (TPSA) is 17.8 Å². The number of hydrogen-bond acceptors (Lipinski definition) is 1. The summed E-state index contributed by atoms with van der Waals surface area (Å²) in [6, 6.07) is 21.1. The van der Waals surface area contributed by atoms with Gasteiger partial charge in [0.2, 0.25) is 0 Å². The number of benzene rings is 2. The number of rotatable bonds is 1. The minimum Gasteiger partial charge on any atom is -0.294 e. The summed E-state index contributed by atoms with van der Waals surface area (Å²) < 4.78 is 2.23. The highest BCUT2D eigenvalue weighted by atomic mass is 15.0. The van der Waals surface area contributed by atoms with Crippen molar-refractivity contribution in [2.75, 3.05) is 0 Å². The van der Waals surface area contributed by atoms with Crippen LogP contribution in [-0.4, -0.2) is 17.4 Å². The second kappa shape index (κ2) is 4.24. The monoisotopic (exact) mass is 256 g/mol. The third-order valence-electron chi connectivity index (χ3n) is 3.69. The zero-order valence-electron chi connectivity index (χ0n) is 11.2. The molecule has 0 spiro atoms. The molecule has 0 saturated carbocycles. The van der Waals surface area contributed by atoms with Crippen molar-refractivity contribution in [3.63, 3.8) is 0 Å². The summed E-state index contributed by atoms with van der Waals surface area (Å²) in [5.74, 6) is 0. The van der Waals surface area contributed by atoms with Crippen molar-refractivity contribution in [3.05, 3.63) is 66.9 Å². The molecule has 2 nitrogen and oxygen atoms in total. The molecule has 94 valence electrons. The molecular formula is C17H13BN2. The largest absolute Gasteiger partial charge is 0.294 e. The van der Waals surface area contributed by atoms with Crippen LogP contribution in [0, 0.1) is 0 Å². The number of nitrogens with zero attached hydrogens (tertiary/aromatic N) is 2. The Morgan fingerprint density at radius 2 is 1.70 bits per heavy atom. The van der Waals surface area contributed by atoms with Gasteiger partial charge >= 0.3 is 0 Å². The van der Waals surface area contributed by atoms with E-state index >= 15 is 0 Å². The van der Waals surface area contributed by atoms with E-state index in [2.05, 4.69) is 72.0 Å². The lowest BCUT2D eigenvalue weighted by Crippen LogP contribution is -2.04. The SMILES string of the molecule is Bc1cccc(-n2c3ccccc3c3cccnc32)c1. The van der Waals surface area contributed by atoms with E-state index in [-0.39, 0.29) is 0 Å². The first kappa shape index (κ1) is 11.3. The fraction of sp³-hybridized carbons (Fsp3) is 0. The van der Waals surface area contributed by atoms with Crippen LogP contribution in [0.2, 0.25) is 0 Å². The van der Waals surface area contributed by atoms with Crippen molar-refractivity contribution in [2.45, 2.75) is 0 Å². The van der Waals surface area contributed by atoms with E-state index < -0.39 is 0 Å². The standard InChI is InChI=1S/C17H13BN2/c18-12-5-3-6-13(11-12)20-16-9-2-1-7-14(16)15-8-4-10-19-17(15)20/h1-11H,18H2. The summed E-state index contributed by atoms with van der Waals surface area (Å²) in [6.07, 6.45) is 1.85. The van der Waals surface area contributed by atoms with E-state index in [1.807, 2.05) is 12.3 Å². The molecule has 20 heavy (non-hydrogen) atoms. The van der Waals surface area contributed by atoms with Crippen LogP contribution in [0.5, 0.6) is 0 Å². The molecule has 2 heterocycles. The van der Waals surface area contributed by atoms with E-state index in [1.165, 1.54) is 21.8 Å². The van der Waals surface area contributed by atoms with Gasteiger partial charge in [0.25, 0.3) is 0 Å². The van der Waals surface area contributed by atoms with Crippen LogP contribution in [-0.2, 0) is 0 Å². The lowest BCUT2D eigenvalue weighted by Gasteiger charge is -2.07. The molecule has 4 aromatic rings. The minimum absolute atomic E-state index is 1.01. The Morgan fingerprint density at radius 3 is 2.60 bits per heavy atom. The average Bonchev–Trinajstić information content (AvgIpc) is 2.82. The third kappa shape index (κ3) is 1.56. The fourth-order valence-electron chi connectivity index (χ4n) is 2.82. The van der Waals surface area contributed by atoms with Crippen molar-refractivity contribution in [2.24, 2.45) is 0 Å². The molecule has 0 aliphatic carbocycles. The molecule has 2 aromatic heterocycles. The maximum absolute atomic E-state index is 4.59. The second-order valence-electron chi connectivity index (χ2n) is 5.07. The zero-order chi connectivity index (χ0) is 13.5. The van der Waals surface area contributed by atoms with Crippen molar-refractivity contribution < 1.29 is 0 Å². The van der Waals surface area contributed by atoms with Gasteiger partial charge in [0, 0.05) is 22.7 Å². The minimum atomic E-state index is 1.01. The molecular weight excluding hydrogens is 243 g/mol. The normalized spacial score (nSPS) is 11.2. The molecule has 0 radical (unpaired) electrons. The molecule has 0 N–H and O–H groups in total. The van der Waals surface area contributed by atoms with Gasteiger partial charge in [0.05, 0.1) is 5.52 Å². The predicted octanol–water partition coefficient (Wildman–Crippen LogP) is 2.44. The van der Waals surface area contributed by atoms with Crippen LogP contribution in [0.15, 0.2) is 66.9 Å². The summed E-state index contributed by atoms with van der Waals surface area (Å²) >= 11 is 0. The van der Waals surface area contributed by atoms with Crippen molar-refractivity contribution in [1.29, 1.82) is 0 Å². The Morgan fingerprint density at radius 1 is 0.850 bits per heavy atom. The summed E-state index contributed by atoms with van der Waals surface area (Å²) in [5, 5.41) is 2.45. The Bertz CT molecular complexity index is 871. The molecule has 0 bridgehead atoms. The zero-order valence-corrected chi connectivity index (χ0v) is 11.2. The summed E-state index contributed by atoms with van der Waals surface area (Å²) in [4.78, 5) is 4.59. The quantitative estimate of drug-likeness (QED) is 0.478. The van der Waals surface area contributed by atoms with Crippen molar-refractivity contribution in [3.8, 4) is 5.69 Å². The Hall–Kier alpha value is -2.55. The number of fused-ring (bicyclic) bond motifs is 3. The van der Waals surface area contributed by atoms with Crippen molar-refractivity contribution >= 4 is 35.2 Å². The number of para-hydroxylation sites is 1. The van der Waals surface area contributed by atoms with Crippen LogP contribution in [0.4, 0.5) is 0 Å². The van der Waals surface area contributed by atoms with Gasteiger partial charge in [0.1, 0.15) is 13.5 Å². The fourth-order valence-corrected chi connectivity index (χ4v) is 2.82. The van der Waals surface area contributed by atoms with E-state index in [0.29, 0.717) is 0 Å². The molecule has 2 aromatic carbocycles. The van der Waals surface area contributed by atoms with Crippen LogP contribution in [0.25, 0.3) is 27.6 Å². The summed E-state index contributed by atoms with van der Waals surface area (Å²) in [5.41, 5.74) is 4.63. The first-order valence-electron chi connectivity index (χ1n) is 6.76. The first-order chi connectivity index (χ1) is 9.84. The molecule has 0 saturated heterocycles. The highest BCUT2D eigenvalue weighted by Crippen LogP contribution is 2.29. The van der Waals surface area contributed by atoms with Gasteiger partial charge in [-0.2, -0.15) is 0 Å². The average molecular weight is 256 g/mol. The van der Waals surface area contributed by atoms with Gasteiger partial charge in [-0.1, -0.05) is 35.8 Å². The van der Waals surface area contributed by atoms with Crippen LogP contribution >= 0.6 is 0 Å². The molecule has 0 amide bonds. The van der Waals surface area contributed by atoms with E-state index in [9.17, 15) is 0 Å². The maximum atomic E-state index is 4.59. The van der Waals surface area contributed by atoms with Gasteiger partial charge in [-0.3, -0.25) is 4.57 Å². The van der Waals surface area contributed by atoms with Crippen LogP contribution < -0.4 is 5.46 Å². The molecule has 0 aliphatic rings. The van der Waals surface area contributed by atoms with Crippen LogP contribution in [0.1, 0.15) is 0 Å². The smallest absolute Gasteiger partial charge is 0.145 e. The molecule has 0 aliphatic heterocycles. The molecule has 4 rings (SSSR count). The number of hydrogen-bond donors (Lipinski definition) is 0. The summed E-state index contributed by atoms with van der Waals surface area (Å²) in [7, 11) is 2.12. The Balaban J connectivity index is 2.21. The van der Waals surface area contributed by atoms with E-state index in [1.54, 1.807) is 0 Å². The van der Waals surface area contributed by atoms with E-state index in [0.717, 1.165) is 11.3 Å². The lowest BCUT2D eigenvalue weighted by atomic mass is 9.96. The molecule has 0 fully saturated rings. The maximum Gasteiger partial charge on any atom is 0.145 e. The van der Waals surface area contributed by atoms with Crippen LogP contribution in [0.3, 0.4) is 0 Å². The van der Waals surface area contributed by atoms with Gasteiger partial charge < -0.3 is 0 Å². The molecule has 0 atom stereocenters. The molecule has 0 unspecified atom stereocenters. The van der Waals surface area contributed by atoms with Gasteiger partial charge in [-0.25, -0.2) is 4.98 Å². The van der Waals surface area contributed by atoms with Gasteiger partial charge in [-0.15, -0.1) is 0 Å². The Kier molecular flexibility index (Phi) is 2.39. The van der Waals surface area contributed by atoms with Gasteiger partial charge in [0.15, 0.2) is 0 Å². The second-order valence-corrected chi connectivity index (χ2v) is 5.07. The third-order valence-corrected chi connectivity index (χ3v) is 3.69. The first-order valence-corrected chi connectivity index (χ1v) is 6.76.